The van der Waals surface area contributed by atoms with Gasteiger partial charge in [0.2, 0.25) is 5.91 Å². The number of ether oxygens (including phenoxy) is 1. The zero-order valence-corrected chi connectivity index (χ0v) is 17.6. The van der Waals surface area contributed by atoms with E-state index in [1.54, 1.807) is 6.07 Å². The highest BCUT2D eigenvalue weighted by molar-refractivity contribution is 9.10. The van der Waals surface area contributed by atoms with Crippen molar-refractivity contribution in [2.75, 3.05) is 6.61 Å². The van der Waals surface area contributed by atoms with Gasteiger partial charge in [0, 0.05) is 0 Å². The normalized spacial score (nSPS) is 18.0. The summed E-state index contributed by atoms with van der Waals surface area (Å²) in [5, 5.41) is 11.1. The van der Waals surface area contributed by atoms with Gasteiger partial charge in [-0.05, 0) is 22.3 Å². The number of aliphatic hydroxyl groups excluding tert-OH is 1. The van der Waals surface area contributed by atoms with Crippen LogP contribution in [0.4, 0.5) is 4.79 Å². The molecule has 0 aliphatic carbocycles. The number of hydrogen-bond donors (Lipinski definition) is 1. The number of carbonyl (C=O) groups excluding carboxylic acids is 2. The molecule has 1 aliphatic rings. The molecule has 0 aromatic heterocycles. The summed E-state index contributed by atoms with van der Waals surface area (Å²) in [6, 6.07) is 25.7. The smallest absolute Gasteiger partial charge is 0.417 e. The minimum absolute atomic E-state index is 0.0883. The van der Waals surface area contributed by atoms with Crippen LogP contribution in [0.25, 0.3) is 11.1 Å². The molecule has 152 valence electrons. The summed E-state index contributed by atoms with van der Waals surface area (Å²) in [5.74, 6) is -0.540. The monoisotopic (exact) mass is 465 g/mol. The molecule has 3 atom stereocenters. The fourth-order valence-corrected chi connectivity index (χ4v) is 4.15. The van der Waals surface area contributed by atoms with E-state index in [9.17, 15) is 14.7 Å². The number of imide groups is 1. The van der Waals surface area contributed by atoms with E-state index in [-0.39, 0.29) is 6.61 Å². The number of halogens is 1. The van der Waals surface area contributed by atoms with Gasteiger partial charge < -0.3 is 9.84 Å². The van der Waals surface area contributed by atoms with Crippen molar-refractivity contribution in [3.05, 3.63) is 96.1 Å². The fraction of sp³-hybridized carbons (Fsp3) is 0.167. The van der Waals surface area contributed by atoms with E-state index in [4.69, 9.17) is 4.74 Å². The Morgan fingerprint density at radius 2 is 1.57 bits per heavy atom. The number of alkyl halides is 1. The molecule has 6 heteroatoms. The number of rotatable bonds is 5. The topological polar surface area (TPSA) is 66.8 Å². The summed E-state index contributed by atoms with van der Waals surface area (Å²) < 4.78 is 5.15. The summed E-state index contributed by atoms with van der Waals surface area (Å²) in [6.07, 6.45) is -1.86. The average Bonchev–Trinajstić information content (AvgIpc) is 3.20. The van der Waals surface area contributed by atoms with Crippen molar-refractivity contribution in [1.82, 2.24) is 4.90 Å². The molecule has 2 amide bonds. The number of carbonyl (C=O) groups is 2. The summed E-state index contributed by atoms with van der Waals surface area (Å²) in [4.78, 5) is 25.6. The van der Waals surface area contributed by atoms with Crippen LogP contribution in [-0.2, 0) is 9.53 Å². The van der Waals surface area contributed by atoms with E-state index in [1.165, 1.54) is 0 Å². The van der Waals surface area contributed by atoms with Gasteiger partial charge in [0.05, 0.1) is 0 Å². The number of nitrogens with zero attached hydrogens (tertiary/aromatic N) is 1. The molecule has 3 aromatic rings. The van der Waals surface area contributed by atoms with Crippen LogP contribution >= 0.6 is 15.9 Å². The fourth-order valence-electron chi connectivity index (χ4n) is 3.65. The van der Waals surface area contributed by atoms with E-state index in [0.29, 0.717) is 5.56 Å². The van der Waals surface area contributed by atoms with Crippen LogP contribution in [0.15, 0.2) is 84.9 Å². The Balaban J connectivity index is 1.62. The van der Waals surface area contributed by atoms with E-state index in [2.05, 4.69) is 15.9 Å². The van der Waals surface area contributed by atoms with Crippen molar-refractivity contribution in [3.8, 4) is 11.1 Å². The number of aliphatic hydroxyl groups is 1. The molecule has 0 bridgehead atoms. The molecule has 5 nitrogen and oxygen atoms in total. The Hall–Kier alpha value is -2.96. The highest BCUT2D eigenvalue weighted by atomic mass is 79.9. The first-order chi connectivity index (χ1) is 14.6. The van der Waals surface area contributed by atoms with Gasteiger partial charge in [0.15, 0.2) is 0 Å². The number of benzene rings is 3. The van der Waals surface area contributed by atoms with Crippen LogP contribution in [0.5, 0.6) is 0 Å². The molecular weight excluding hydrogens is 446 g/mol. The predicted octanol–water partition coefficient (Wildman–Crippen LogP) is 4.87. The summed E-state index contributed by atoms with van der Waals surface area (Å²) in [6.45, 7) is 0.0883. The maximum absolute atomic E-state index is 13.2. The molecule has 0 unspecified atom stereocenters. The molecule has 4 rings (SSSR count). The van der Waals surface area contributed by atoms with Crippen molar-refractivity contribution in [3.63, 3.8) is 0 Å². The van der Waals surface area contributed by atoms with E-state index >= 15 is 0 Å². The summed E-state index contributed by atoms with van der Waals surface area (Å²) in [7, 11) is 0. The van der Waals surface area contributed by atoms with Crippen LogP contribution in [-0.4, -0.2) is 33.4 Å². The summed E-state index contributed by atoms with van der Waals surface area (Å²) in [5.41, 5.74) is 3.16. The van der Waals surface area contributed by atoms with Crippen molar-refractivity contribution < 1.29 is 19.4 Å². The number of hydrogen-bond acceptors (Lipinski definition) is 4. The van der Waals surface area contributed by atoms with Gasteiger partial charge in [-0.1, -0.05) is 101 Å². The van der Waals surface area contributed by atoms with Gasteiger partial charge in [-0.2, -0.15) is 0 Å². The van der Waals surface area contributed by atoms with Gasteiger partial charge in [-0.25, -0.2) is 9.69 Å². The van der Waals surface area contributed by atoms with Crippen molar-refractivity contribution in [2.24, 2.45) is 0 Å². The average molecular weight is 466 g/mol. The molecule has 1 aliphatic heterocycles. The zero-order chi connectivity index (χ0) is 21.1. The second kappa shape index (κ2) is 8.81. The van der Waals surface area contributed by atoms with Gasteiger partial charge in [-0.15, -0.1) is 0 Å². The Labute approximate surface area is 183 Å². The molecule has 1 N–H and O–H groups in total. The Morgan fingerprint density at radius 3 is 2.27 bits per heavy atom. The van der Waals surface area contributed by atoms with Crippen LogP contribution in [0.2, 0.25) is 0 Å². The van der Waals surface area contributed by atoms with E-state index in [1.807, 2.05) is 78.9 Å². The molecule has 30 heavy (non-hydrogen) atoms. The third-order valence-electron chi connectivity index (χ3n) is 5.17. The van der Waals surface area contributed by atoms with E-state index < -0.39 is 29.0 Å². The number of cyclic esters (lactones) is 1. The predicted molar refractivity (Wildman–Crippen MR) is 117 cm³/mol. The van der Waals surface area contributed by atoms with E-state index in [0.717, 1.165) is 21.6 Å². The number of amides is 2. The minimum atomic E-state index is -1.15. The van der Waals surface area contributed by atoms with Crippen molar-refractivity contribution >= 4 is 27.9 Å². The Kier molecular flexibility index (Phi) is 5.97. The lowest BCUT2D eigenvalue weighted by atomic mass is 9.94. The minimum Gasteiger partial charge on any atom is -0.446 e. The SMILES string of the molecule is O=C1OC[C@H](c2ccccc2)N1C(=O)[C@@H](Br)[C@@H](O)c1ccccc1-c1ccccc1. The van der Waals surface area contributed by atoms with Crippen LogP contribution in [0, 0.1) is 0 Å². The molecule has 0 spiro atoms. The quantitative estimate of drug-likeness (QED) is 0.545. The molecule has 3 aromatic carbocycles. The standard InChI is InChI=1S/C24H20BrNO4/c25-21(22(27)19-14-8-7-13-18(19)16-9-3-1-4-10-16)23(28)26-20(15-30-24(26)29)17-11-5-2-6-12-17/h1-14,20-22,27H,15H2/t20-,21+,22+/m1/s1. The van der Waals surface area contributed by atoms with Crippen LogP contribution in [0.3, 0.4) is 0 Å². The van der Waals surface area contributed by atoms with Gasteiger partial charge in [0.1, 0.15) is 23.6 Å². The molecule has 1 saturated heterocycles. The lowest BCUT2D eigenvalue weighted by Crippen LogP contribution is -2.41. The molecule has 1 heterocycles. The molecule has 0 saturated carbocycles. The van der Waals surface area contributed by atoms with Gasteiger partial charge >= 0.3 is 6.09 Å². The second-order valence-corrected chi connectivity index (χ2v) is 8.00. The van der Waals surface area contributed by atoms with Crippen LogP contribution in [0.1, 0.15) is 23.3 Å². The molecule has 1 fully saturated rings. The highest BCUT2D eigenvalue weighted by Gasteiger charge is 2.43. The molecule has 0 radical (unpaired) electrons. The first-order valence-electron chi connectivity index (χ1n) is 9.59. The third kappa shape index (κ3) is 3.88. The van der Waals surface area contributed by atoms with Crippen molar-refractivity contribution in [1.29, 1.82) is 0 Å². The Morgan fingerprint density at radius 1 is 0.967 bits per heavy atom. The first-order valence-corrected chi connectivity index (χ1v) is 10.5. The lowest BCUT2D eigenvalue weighted by Gasteiger charge is -2.26. The lowest BCUT2D eigenvalue weighted by molar-refractivity contribution is -0.130. The largest absolute Gasteiger partial charge is 0.446 e. The maximum atomic E-state index is 13.2. The molecular formula is C24H20BrNO4. The van der Waals surface area contributed by atoms with Crippen LogP contribution < -0.4 is 0 Å². The third-order valence-corrected chi connectivity index (χ3v) is 6.06. The Bertz CT molecular complexity index is 1040. The second-order valence-electron chi connectivity index (χ2n) is 7.01. The maximum Gasteiger partial charge on any atom is 0.417 e. The first kappa shape index (κ1) is 20.3. The van der Waals surface area contributed by atoms with Gasteiger partial charge in [0.25, 0.3) is 0 Å². The van der Waals surface area contributed by atoms with Gasteiger partial charge in [-0.3, -0.25) is 4.79 Å². The highest BCUT2D eigenvalue weighted by Crippen LogP contribution is 2.35. The van der Waals surface area contributed by atoms with Crippen molar-refractivity contribution in [2.45, 2.75) is 17.0 Å². The zero-order valence-electron chi connectivity index (χ0n) is 16.0. The summed E-state index contributed by atoms with van der Waals surface area (Å²) >= 11 is 3.34.